The number of hydrogen-bond acceptors (Lipinski definition) is 5. The molecule has 0 aromatic heterocycles. The van der Waals surface area contributed by atoms with Crippen molar-refractivity contribution in [3.05, 3.63) is 36.5 Å². The number of rotatable bonds is 48. The highest BCUT2D eigenvalue weighted by molar-refractivity contribution is 5.77. The number of hydrogen-bond donors (Lipinski definition) is 3. The summed E-state index contributed by atoms with van der Waals surface area (Å²) in [6, 6.07) is -0.710. The average Bonchev–Trinajstić information content (AvgIpc) is 3.25. The van der Waals surface area contributed by atoms with Gasteiger partial charge in [-0.25, -0.2) is 0 Å². The summed E-state index contributed by atoms with van der Waals surface area (Å²) in [6.45, 7) is 6.46. The molecule has 0 aliphatic heterocycles. The first-order valence-corrected chi connectivity index (χ1v) is 26.7. The van der Waals surface area contributed by atoms with Gasteiger partial charge in [0.05, 0.1) is 25.2 Å². The second-order valence-electron chi connectivity index (χ2n) is 18.3. The maximum absolute atomic E-state index is 13.2. The molecule has 0 fully saturated rings. The molecule has 3 atom stereocenters. The number of nitrogens with one attached hydrogen (secondary N) is 1. The minimum absolute atomic E-state index is 0.0557. The Kier molecular flexibility index (Phi) is 47.6. The Morgan fingerprint density at radius 1 is 0.475 bits per heavy atom. The van der Waals surface area contributed by atoms with Crippen molar-refractivity contribution in [2.24, 2.45) is 0 Å². The lowest BCUT2D eigenvalue weighted by molar-refractivity contribution is -0.151. The van der Waals surface area contributed by atoms with Crippen molar-refractivity contribution in [3.8, 4) is 0 Å². The molecule has 6 heteroatoms. The van der Waals surface area contributed by atoms with E-state index < -0.39 is 18.2 Å². The number of amides is 1. The largest absolute Gasteiger partial charge is 0.462 e. The second kappa shape index (κ2) is 49.1. The standard InChI is InChI=1S/C55H103NO5/c1-4-7-10-13-16-19-22-25-27-29-31-34-37-40-43-46-51(61-55(60)48-45-42-39-36-33-30-26-23-20-17-14-11-8-5-2)49-54(59)56-52(50-57)53(58)47-44-41-38-35-32-28-24-21-18-15-12-9-6-3/h16,19,25,27,31,34,51-53,57-58H,4-15,17-18,20-24,26,28-30,32-33,35-50H2,1-3H3,(H,56,59)/b19-16-,27-25-,34-31-. The summed E-state index contributed by atoms with van der Waals surface area (Å²) in [4.78, 5) is 26.2. The fourth-order valence-electron chi connectivity index (χ4n) is 8.14. The van der Waals surface area contributed by atoms with Crippen LogP contribution in [-0.4, -0.2) is 46.9 Å². The summed E-state index contributed by atoms with van der Waals surface area (Å²) in [7, 11) is 0. The van der Waals surface area contributed by atoms with Gasteiger partial charge in [-0.15, -0.1) is 0 Å². The van der Waals surface area contributed by atoms with E-state index in [1.807, 2.05) is 0 Å². The molecule has 0 spiro atoms. The van der Waals surface area contributed by atoms with Gasteiger partial charge in [0, 0.05) is 6.42 Å². The van der Waals surface area contributed by atoms with E-state index in [1.165, 1.54) is 161 Å². The van der Waals surface area contributed by atoms with Crippen molar-refractivity contribution >= 4 is 11.9 Å². The molecule has 0 aliphatic rings. The Bertz CT molecular complexity index is 1010. The van der Waals surface area contributed by atoms with Crippen LogP contribution in [0.5, 0.6) is 0 Å². The summed E-state index contributed by atoms with van der Waals surface area (Å²) < 4.78 is 5.92. The highest BCUT2D eigenvalue weighted by atomic mass is 16.5. The molecule has 0 saturated carbocycles. The topological polar surface area (TPSA) is 95.9 Å². The molecule has 0 saturated heterocycles. The van der Waals surface area contributed by atoms with Crippen LogP contribution in [0.25, 0.3) is 0 Å². The zero-order valence-corrected chi connectivity index (χ0v) is 40.8. The molecular formula is C55H103NO5. The van der Waals surface area contributed by atoms with Crippen molar-refractivity contribution in [1.29, 1.82) is 0 Å². The number of unbranched alkanes of at least 4 members (excludes halogenated alkanes) is 30. The normalized spacial score (nSPS) is 13.5. The predicted octanol–water partition coefficient (Wildman–Crippen LogP) is 16.1. The number of aliphatic hydroxyl groups is 2. The van der Waals surface area contributed by atoms with E-state index in [0.29, 0.717) is 19.3 Å². The number of aliphatic hydroxyl groups excluding tert-OH is 2. The van der Waals surface area contributed by atoms with Gasteiger partial charge >= 0.3 is 5.97 Å². The lowest BCUT2D eigenvalue weighted by Gasteiger charge is -2.24. The summed E-state index contributed by atoms with van der Waals surface area (Å²) in [5.74, 6) is -0.499. The molecule has 3 N–H and O–H groups in total. The van der Waals surface area contributed by atoms with E-state index >= 15 is 0 Å². The quantitative estimate of drug-likeness (QED) is 0.0322. The molecule has 0 bridgehead atoms. The molecule has 61 heavy (non-hydrogen) atoms. The minimum atomic E-state index is -0.795. The highest BCUT2D eigenvalue weighted by Gasteiger charge is 2.24. The van der Waals surface area contributed by atoms with Crippen LogP contribution in [0.1, 0.15) is 278 Å². The van der Waals surface area contributed by atoms with Gasteiger partial charge < -0.3 is 20.3 Å². The van der Waals surface area contributed by atoms with Crippen LogP contribution in [0.4, 0.5) is 0 Å². The third kappa shape index (κ3) is 44.5. The maximum atomic E-state index is 13.2. The Labute approximate surface area is 379 Å². The summed E-state index contributed by atoms with van der Waals surface area (Å²) >= 11 is 0. The van der Waals surface area contributed by atoms with Crippen LogP contribution in [0.15, 0.2) is 36.5 Å². The molecular weight excluding hydrogens is 755 g/mol. The molecule has 0 rings (SSSR count). The van der Waals surface area contributed by atoms with Gasteiger partial charge in [0.2, 0.25) is 5.91 Å². The van der Waals surface area contributed by atoms with Gasteiger partial charge in [-0.1, -0.05) is 237 Å². The third-order valence-electron chi connectivity index (χ3n) is 12.2. The number of esters is 1. The second-order valence-corrected chi connectivity index (χ2v) is 18.3. The van der Waals surface area contributed by atoms with E-state index in [0.717, 1.165) is 70.6 Å². The first-order valence-electron chi connectivity index (χ1n) is 26.7. The monoisotopic (exact) mass is 858 g/mol. The smallest absolute Gasteiger partial charge is 0.306 e. The zero-order chi connectivity index (χ0) is 44.5. The molecule has 6 nitrogen and oxygen atoms in total. The van der Waals surface area contributed by atoms with Crippen LogP contribution in [0.2, 0.25) is 0 Å². The van der Waals surface area contributed by atoms with Crippen LogP contribution < -0.4 is 5.32 Å². The van der Waals surface area contributed by atoms with Crippen molar-refractivity contribution in [1.82, 2.24) is 5.32 Å². The average molecular weight is 858 g/mol. The highest BCUT2D eigenvalue weighted by Crippen LogP contribution is 2.18. The third-order valence-corrected chi connectivity index (χ3v) is 12.2. The van der Waals surface area contributed by atoms with Gasteiger partial charge in [-0.2, -0.15) is 0 Å². The number of ether oxygens (including phenoxy) is 1. The van der Waals surface area contributed by atoms with Gasteiger partial charge in [0.15, 0.2) is 0 Å². The van der Waals surface area contributed by atoms with Crippen LogP contribution in [0.3, 0.4) is 0 Å². The van der Waals surface area contributed by atoms with Crippen LogP contribution in [-0.2, 0) is 14.3 Å². The number of carbonyl (C=O) groups excluding carboxylic acids is 2. The van der Waals surface area contributed by atoms with E-state index in [4.69, 9.17) is 4.74 Å². The fourth-order valence-corrected chi connectivity index (χ4v) is 8.14. The zero-order valence-electron chi connectivity index (χ0n) is 40.8. The van der Waals surface area contributed by atoms with Crippen molar-refractivity contribution in [3.63, 3.8) is 0 Å². The molecule has 0 aromatic carbocycles. The first kappa shape index (κ1) is 59.1. The van der Waals surface area contributed by atoms with Crippen LogP contribution >= 0.6 is 0 Å². The number of carbonyl (C=O) groups is 2. The molecule has 0 aromatic rings. The molecule has 358 valence electrons. The predicted molar refractivity (Wildman–Crippen MR) is 264 cm³/mol. The molecule has 1 amide bonds. The summed E-state index contributed by atoms with van der Waals surface area (Å²) in [5, 5.41) is 23.8. The molecule has 0 heterocycles. The Hall–Kier alpha value is -1.92. The van der Waals surface area contributed by atoms with Crippen LogP contribution in [0, 0.1) is 0 Å². The summed E-state index contributed by atoms with van der Waals surface area (Å²) in [6.07, 6.45) is 57.7. The Morgan fingerprint density at radius 3 is 1.28 bits per heavy atom. The SMILES string of the molecule is CCCCC/C=C\C/C=C\C/C=C\CCCCC(CC(=O)NC(CO)C(O)CCCCCCCCCCCCCCC)OC(=O)CCCCCCCCCCCCCCCC. The Morgan fingerprint density at radius 2 is 0.836 bits per heavy atom. The van der Waals surface area contributed by atoms with Gasteiger partial charge in [0.1, 0.15) is 6.10 Å². The van der Waals surface area contributed by atoms with Gasteiger partial charge in [0.25, 0.3) is 0 Å². The van der Waals surface area contributed by atoms with Crippen molar-refractivity contribution in [2.75, 3.05) is 6.61 Å². The Balaban J connectivity index is 4.62. The number of allylic oxidation sites excluding steroid dienone is 6. The van der Waals surface area contributed by atoms with E-state index in [2.05, 4.69) is 62.5 Å². The lowest BCUT2D eigenvalue weighted by atomic mass is 10.0. The fraction of sp³-hybridized carbons (Fsp3) is 0.855. The van der Waals surface area contributed by atoms with Gasteiger partial charge in [-0.05, 0) is 64.2 Å². The van der Waals surface area contributed by atoms with E-state index in [-0.39, 0.29) is 24.9 Å². The minimum Gasteiger partial charge on any atom is -0.462 e. The summed E-state index contributed by atoms with van der Waals surface area (Å²) in [5.41, 5.74) is 0. The lowest BCUT2D eigenvalue weighted by Crippen LogP contribution is -2.46. The first-order chi connectivity index (χ1) is 30.0. The van der Waals surface area contributed by atoms with Gasteiger partial charge in [-0.3, -0.25) is 9.59 Å². The molecule has 3 unspecified atom stereocenters. The molecule has 0 radical (unpaired) electrons. The van der Waals surface area contributed by atoms with E-state index in [1.54, 1.807) is 0 Å². The van der Waals surface area contributed by atoms with Crippen molar-refractivity contribution < 1.29 is 24.5 Å². The maximum Gasteiger partial charge on any atom is 0.306 e. The van der Waals surface area contributed by atoms with Crippen molar-refractivity contribution in [2.45, 2.75) is 296 Å². The van der Waals surface area contributed by atoms with E-state index in [9.17, 15) is 19.8 Å². The molecule has 0 aliphatic carbocycles.